The second-order valence-electron chi connectivity index (χ2n) is 5.34. The lowest BCUT2D eigenvalue weighted by Gasteiger charge is -2.22. The van der Waals surface area contributed by atoms with Crippen LogP contribution in [0.5, 0.6) is 5.75 Å². The highest BCUT2D eigenvalue weighted by atomic mass is 32.1. The highest BCUT2D eigenvalue weighted by Gasteiger charge is 2.23. The standard InChI is InChI=1S/C17H16FN3O3S/c1-11(15-7-19-10-25-15)21(2)17(22)13-8-24-16(20-13)9-23-14-6-4-3-5-12(14)18/h3-8,10-11H,9H2,1-2H3. The number of carbonyl (C=O) groups is 1. The average Bonchev–Trinajstić information content (AvgIpc) is 3.31. The fraction of sp³-hybridized carbons (Fsp3) is 0.235. The summed E-state index contributed by atoms with van der Waals surface area (Å²) >= 11 is 1.48. The maximum Gasteiger partial charge on any atom is 0.276 e. The normalized spacial score (nSPS) is 12.0. The van der Waals surface area contributed by atoms with Crippen LogP contribution in [0, 0.1) is 5.82 Å². The van der Waals surface area contributed by atoms with Gasteiger partial charge in [-0.15, -0.1) is 11.3 Å². The first-order chi connectivity index (χ1) is 12.1. The van der Waals surface area contributed by atoms with Crippen molar-refractivity contribution in [2.75, 3.05) is 7.05 Å². The first-order valence-electron chi connectivity index (χ1n) is 7.53. The smallest absolute Gasteiger partial charge is 0.276 e. The molecular formula is C17H16FN3O3S. The van der Waals surface area contributed by atoms with Crippen LogP contribution < -0.4 is 4.74 Å². The minimum absolute atomic E-state index is 0.0671. The molecule has 130 valence electrons. The van der Waals surface area contributed by atoms with Crippen LogP contribution in [-0.2, 0) is 6.61 Å². The highest BCUT2D eigenvalue weighted by Crippen LogP contribution is 2.23. The van der Waals surface area contributed by atoms with Crippen molar-refractivity contribution in [3.05, 3.63) is 64.5 Å². The molecule has 0 aliphatic heterocycles. The molecule has 1 unspecified atom stereocenters. The molecule has 8 heteroatoms. The van der Waals surface area contributed by atoms with E-state index in [1.54, 1.807) is 35.8 Å². The van der Waals surface area contributed by atoms with Crippen molar-refractivity contribution in [3.8, 4) is 5.75 Å². The lowest BCUT2D eigenvalue weighted by atomic mass is 10.2. The van der Waals surface area contributed by atoms with Crippen molar-refractivity contribution in [1.82, 2.24) is 14.9 Å². The van der Waals surface area contributed by atoms with Gasteiger partial charge in [-0.3, -0.25) is 9.78 Å². The quantitative estimate of drug-likeness (QED) is 0.670. The molecule has 0 aliphatic rings. The van der Waals surface area contributed by atoms with Crippen LogP contribution in [0.4, 0.5) is 4.39 Å². The first-order valence-corrected chi connectivity index (χ1v) is 8.41. The zero-order valence-electron chi connectivity index (χ0n) is 13.7. The van der Waals surface area contributed by atoms with Crippen LogP contribution in [0.2, 0.25) is 0 Å². The van der Waals surface area contributed by atoms with Crippen LogP contribution in [0.15, 0.2) is 46.7 Å². The van der Waals surface area contributed by atoms with Gasteiger partial charge in [-0.25, -0.2) is 9.37 Å². The van der Waals surface area contributed by atoms with Gasteiger partial charge in [0.15, 0.2) is 23.9 Å². The van der Waals surface area contributed by atoms with Gasteiger partial charge in [-0.1, -0.05) is 12.1 Å². The Hall–Kier alpha value is -2.74. The number of aromatic nitrogens is 2. The fourth-order valence-corrected chi connectivity index (χ4v) is 2.88. The summed E-state index contributed by atoms with van der Waals surface area (Å²) in [4.78, 5) is 23.2. The molecule has 0 aliphatic carbocycles. The summed E-state index contributed by atoms with van der Waals surface area (Å²) in [6.07, 6.45) is 3.01. The fourth-order valence-electron chi connectivity index (χ4n) is 2.16. The average molecular weight is 361 g/mol. The predicted octanol–water partition coefficient (Wildman–Crippen LogP) is 3.68. The number of carbonyl (C=O) groups excluding carboxylic acids is 1. The van der Waals surface area contributed by atoms with E-state index in [9.17, 15) is 9.18 Å². The Kier molecular flexibility index (Phi) is 5.08. The maximum absolute atomic E-state index is 13.5. The number of benzene rings is 1. The number of halogens is 1. The summed E-state index contributed by atoms with van der Waals surface area (Å²) in [6.45, 7) is 1.84. The molecule has 2 heterocycles. The number of oxazole rings is 1. The third kappa shape index (κ3) is 3.85. The van der Waals surface area contributed by atoms with Crippen molar-refractivity contribution >= 4 is 17.2 Å². The van der Waals surface area contributed by atoms with E-state index in [2.05, 4.69) is 9.97 Å². The monoisotopic (exact) mass is 361 g/mol. The van der Waals surface area contributed by atoms with Gasteiger partial charge in [0.05, 0.1) is 11.6 Å². The zero-order valence-corrected chi connectivity index (χ0v) is 14.5. The number of nitrogens with zero attached hydrogens (tertiary/aromatic N) is 3. The van der Waals surface area contributed by atoms with E-state index in [0.29, 0.717) is 0 Å². The van der Waals surface area contributed by atoms with E-state index >= 15 is 0 Å². The number of thiazole rings is 1. The molecule has 0 bridgehead atoms. The molecule has 3 rings (SSSR count). The molecule has 0 spiro atoms. The van der Waals surface area contributed by atoms with E-state index in [-0.39, 0.29) is 35.9 Å². The Bertz CT molecular complexity index is 850. The van der Waals surface area contributed by atoms with Gasteiger partial charge in [0.25, 0.3) is 5.91 Å². The molecular weight excluding hydrogens is 345 g/mol. The molecule has 6 nitrogen and oxygen atoms in total. The van der Waals surface area contributed by atoms with Crippen LogP contribution in [-0.4, -0.2) is 27.8 Å². The number of amides is 1. The van der Waals surface area contributed by atoms with Crippen LogP contribution >= 0.6 is 11.3 Å². The summed E-state index contributed by atoms with van der Waals surface area (Å²) in [5, 5.41) is 0. The summed E-state index contributed by atoms with van der Waals surface area (Å²) < 4.78 is 24.1. The van der Waals surface area contributed by atoms with Gasteiger partial charge in [0, 0.05) is 18.1 Å². The van der Waals surface area contributed by atoms with Gasteiger partial charge in [-0.2, -0.15) is 0 Å². The Balaban J connectivity index is 1.64. The van der Waals surface area contributed by atoms with Crippen molar-refractivity contribution in [2.45, 2.75) is 19.6 Å². The second-order valence-corrected chi connectivity index (χ2v) is 6.26. The number of hydrogen-bond acceptors (Lipinski definition) is 6. The molecule has 0 fully saturated rings. The first kappa shape index (κ1) is 17.1. The summed E-state index contributed by atoms with van der Waals surface area (Å²) in [5.74, 6) is -0.444. The molecule has 1 atom stereocenters. The maximum atomic E-state index is 13.5. The molecule has 3 aromatic rings. The molecule has 1 amide bonds. The Morgan fingerprint density at radius 1 is 1.44 bits per heavy atom. The van der Waals surface area contributed by atoms with Gasteiger partial charge in [0.1, 0.15) is 6.26 Å². The van der Waals surface area contributed by atoms with Crippen molar-refractivity contribution in [1.29, 1.82) is 0 Å². The summed E-state index contributed by atoms with van der Waals surface area (Å²) in [5.41, 5.74) is 1.89. The second kappa shape index (κ2) is 7.43. The largest absolute Gasteiger partial charge is 0.481 e. The minimum Gasteiger partial charge on any atom is -0.481 e. The Morgan fingerprint density at radius 2 is 2.24 bits per heavy atom. The number of ether oxygens (including phenoxy) is 1. The van der Waals surface area contributed by atoms with E-state index in [4.69, 9.17) is 9.15 Å². The molecule has 2 aromatic heterocycles. The topological polar surface area (TPSA) is 68.5 Å². The Labute approximate surface area is 147 Å². The zero-order chi connectivity index (χ0) is 17.8. The Morgan fingerprint density at radius 3 is 2.96 bits per heavy atom. The molecule has 0 N–H and O–H groups in total. The number of para-hydroxylation sites is 1. The van der Waals surface area contributed by atoms with Crippen molar-refractivity contribution in [2.24, 2.45) is 0 Å². The number of rotatable bonds is 6. The van der Waals surface area contributed by atoms with E-state index in [1.165, 1.54) is 29.7 Å². The molecule has 0 saturated carbocycles. The van der Waals surface area contributed by atoms with E-state index < -0.39 is 5.82 Å². The van der Waals surface area contributed by atoms with Crippen molar-refractivity contribution in [3.63, 3.8) is 0 Å². The summed E-state index contributed by atoms with van der Waals surface area (Å²) in [7, 11) is 1.69. The van der Waals surface area contributed by atoms with Gasteiger partial charge in [-0.05, 0) is 19.1 Å². The van der Waals surface area contributed by atoms with Gasteiger partial charge in [0.2, 0.25) is 5.89 Å². The number of hydrogen-bond donors (Lipinski definition) is 0. The van der Waals surface area contributed by atoms with Gasteiger partial charge < -0.3 is 14.1 Å². The minimum atomic E-state index is -0.469. The molecule has 1 aromatic carbocycles. The van der Waals surface area contributed by atoms with Crippen molar-refractivity contribution < 1.29 is 18.3 Å². The lowest BCUT2D eigenvalue weighted by Crippen LogP contribution is -2.29. The predicted molar refractivity (Wildman–Crippen MR) is 89.9 cm³/mol. The lowest BCUT2D eigenvalue weighted by molar-refractivity contribution is 0.0738. The molecule has 25 heavy (non-hydrogen) atoms. The third-order valence-corrected chi connectivity index (χ3v) is 4.67. The third-order valence-electron chi connectivity index (χ3n) is 3.72. The molecule has 0 saturated heterocycles. The van der Waals surface area contributed by atoms with E-state index in [1.807, 2.05) is 6.92 Å². The van der Waals surface area contributed by atoms with Crippen LogP contribution in [0.3, 0.4) is 0 Å². The summed E-state index contributed by atoms with van der Waals surface area (Å²) in [6, 6.07) is 5.92. The van der Waals surface area contributed by atoms with E-state index in [0.717, 1.165) is 4.88 Å². The van der Waals surface area contributed by atoms with Crippen LogP contribution in [0.25, 0.3) is 0 Å². The van der Waals surface area contributed by atoms with Crippen LogP contribution in [0.1, 0.15) is 34.2 Å². The van der Waals surface area contributed by atoms with Gasteiger partial charge >= 0.3 is 0 Å². The molecule has 0 radical (unpaired) electrons. The highest BCUT2D eigenvalue weighted by molar-refractivity contribution is 7.09. The SMILES string of the molecule is CC(c1cncs1)N(C)C(=O)c1coc(COc2ccccc2F)n1.